The molecule has 152 valence electrons. The van der Waals surface area contributed by atoms with Crippen molar-refractivity contribution in [1.29, 1.82) is 0 Å². The zero-order valence-corrected chi connectivity index (χ0v) is 17.0. The largest absolute Gasteiger partial charge is 0.362 e. The molecule has 0 saturated carbocycles. The van der Waals surface area contributed by atoms with Gasteiger partial charge in [-0.05, 0) is 36.6 Å². The van der Waals surface area contributed by atoms with Crippen molar-refractivity contribution in [2.24, 2.45) is 0 Å². The van der Waals surface area contributed by atoms with Crippen molar-refractivity contribution in [3.8, 4) is 0 Å². The van der Waals surface area contributed by atoms with Gasteiger partial charge in [0.25, 0.3) is 11.8 Å². The predicted octanol–water partition coefficient (Wildman–Crippen LogP) is 4.62. The number of nitrogens with zero attached hydrogens (tertiary/aromatic N) is 2. The van der Waals surface area contributed by atoms with Crippen molar-refractivity contribution in [3.63, 3.8) is 0 Å². The molecule has 0 atom stereocenters. The Balaban J connectivity index is 2.01. The second kappa shape index (κ2) is 9.50. The van der Waals surface area contributed by atoms with Crippen LogP contribution < -0.4 is 0 Å². The highest BCUT2D eigenvalue weighted by Gasteiger charge is 2.40. The van der Waals surface area contributed by atoms with E-state index in [1.807, 2.05) is 42.2 Å². The molecule has 3 rings (SSSR count). The zero-order valence-electron chi connectivity index (χ0n) is 17.0. The number of hydrogen-bond donors (Lipinski definition) is 0. The molecule has 2 amide bonds. The molecule has 0 saturated heterocycles. The summed E-state index contributed by atoms with van der Waals surface area (Å²) >= 11 is 0. The summed E-state index contributed by atoms with van der Waals surface area (Å²) in [5.41, 5.74) is 2.41. The molecule has 4 nitrogen and oxygen atoms in total. The Morgan fingerprint density at radius 3 is 2.21 bits per heavy atom. The summed E-state index contributed by atoms with van der Waals surface area (Å²) in [5, 5.41) is 0. The minimum Gasteiger partial charge on any atom is -0.362 e. The fraction of sp³-hybridized carbons (Fsp3) is 0.333. The smallest absolute Gasteiger partial charge is 0.277 e. The van der Waals surface area contributed by atoms with Gasteiger partial charge in [0.2, 0.25) is 0 Å². The minimum atomic E-state index is -0.371. The first kappa shape index (κ1) is 20.8. The SMILES string of the molecule is CCCCCN1C(=O)C(c2ccc(F)cc2)=C(N(CC)Cc2ccccc2)C1=O. The fourth-order valence-corrected chi connectivity index (χ4v) is 3.61. The Bertz CT molecular complexity index is 891. The van der Waals surface area contributed by atoms with Crippen molar-refractivity contribution < 1.29 is 14.0 Å². The van der Waals surface area contributed by atoms with E-state index in [4.69, 9.17) is 0 Å². The molecular weight excluding hydrogens is 367 g/mol. The molecule has 0 bridgehead atoms. The molecular formula is C24H27FN2O2. The molecule has 29 heavy (non-hydrogen) atoms. The van der Waals surface area contributed by atoms with Crippen molar-refractivity contribution in [2.75, 3.05) is 13.1 Å². The standard InChI is InChI=1S/C24H27FN2O2/c1-3-5-9-16-27-23(28)21(19-12-14-20(25)15-13-19)22(24(27)29)26(4-2)17-18-10-7-6-8-11-18/h6-8,10-15H,3-5,9,16-17H2,1-2H3. The number of hydrogen-bond acceptors (Lipinski definition) is 3. The van der Waals surface area contributed by atoms with E-state index in [1.165, 1.54) is 17.0 Å². The summed E-state index contributed by atoms with van der Waals surface area (Å²) in [6.45, 7) is 5.56. The molecule has 5 heteroatoms. The summed E-state index contributed by atoms with van der Waals surface area (Å²) in [6.07, 6.45) is 2.75. The van der Waals surface area contributed by atoms with Gasteiger partial charge in [0.15, 0.2) is 0 Å². The van der Waals surface area contributed by atoms with E-state index in [9.17, 15) is 14.0 Å². The van der Waals surface area contributed by atoms with Crippen LogP contribution in [0.5, 0.6) is 0 Å². The van der Waals surface area contributed by atoms with Gasteiger partial charge in [0.05, 0.1) is 5.57 Å². The first-order chi connectivity index (χ1) is 14.1. The predicted molar refractivity (Wildman–Crippen MR) is 112 cm³/mol. The van der Waals surface area contributed by atoms with Gasteiger partial charge in [-0.25, -0.2) is 4.39 Å². The van der Waals surface area contributed by atoms with Crippen LogP contribution in [-0.4, -0.2) is 34.7 Å². The molecule has 1 aliphatic rings. The lowest BCUT2D eigenvalue weighted by Gasteiger charge is -2.25. The summed E-state index contributed by atoms with van der Waals surface area (Å²) in [5.74, 6) is -0.925. The highest BCUT2D eigenvalue weighted by Crippen LogP contribution is 2.32. The molecule has 1 aliphatic heterocycles. The first-order valence-corrected chi connectivity index (χ1v) is 10.2. The van der Waals surface area contributed by atoms with Crippen molar-refractivity contribution in [1.82, 2.24) is 9.80 Å². The zero-order chi connectivity index (χ0) is 20.8. The third kappa shape index (κ3) is 4.56. The van der Waals surface area contributed by atoms with Crippen molar-refractivity contribution in [2.45, 2.75) is 39.7 Å². The average Bonchev–Trinajstić information content (AvgIpc) is 2.98. The molecule has 0 spiro atoms. The Kier molecular flexibility index (Phi) is 6.81. The Morgan fingerprint density at radius 1 is 0.897 bits per heavy atom. The van der Waals surface area contributed by atoms with Gasteiger partial charge in [-0.1, -0.05) is 62.2 Å². The first-order valence-electron chi connectivity index (χ1n) is 10.2. The third-order valence-electron chi connectivity index (χ3n) is 5.18. The van der Waals surface area contributed by atoms with Gasteiger partial charge in [0, 0.05) is 19.6 Å². The van der Waals surface area contributed by atoms with Gasteiger partial charge < -0.3 is 4.90 Å². The number of carbonyl (C=O) groups excluding carboxylic acids is 2. The monoisotopic (exact) mass is 394 g/mol. The number of rotatable bonds is 9. The van der Waals surface area contributed by atoms with Crippen LogP contribution in [0.4, 0.5) is 4.39 Å². The third-order valence-corrected chi connectivity index (χ3v) is 5.18. The van der Waals surface area contributed by atoms with E-state index >= 15 is 0 Å². The molecule has 0 radical (unpaired) electrons. The molecule has 0 fully saturated rings. The Morgan fingerprint density at radius 2 is 1.59 bits per heavy atom. The lowest BCUT2D eigenvalue weighted by Crippen LogP contribution is -2.35. The normalized spacial score (nSPS) is 14.1. The lowest BCUT2D eigenvalue weighted by atomic mass is 10.0. The minimum absolute atomic E-state index is 0.261. The number of amides is 2. The van der Waals surface area contributed by atoms with Crippen LogP contribution in [0, 0.1) is 5.82 Å². The highest BCUT2D eigenvalue weighted by molar-refractivity contribution is 6.35. The second-order valence-electron chi connectivity index (χ2n) is 7.20. The van der Waals surface area contributed by atoms with Gasteiger partial charge in [-0.15, -0.1) is 0 Å². The summed E-state index contributed by atoms with van der Waals surface area (Å²) in [6, 6.07) is 15.7. The van der Waals surface area contributed by atoms with E-state index in [2.05, 4.69) is 6.92 Å². The van der Waals surface area contributed by atoms with E-state index in [-0.39, 0.29) is 17.6 Å². The number of likely N-dealkylation sites (N-methyl/N-ethyl adjacent to an activating group) is 1. The van der Waals surface area contributed by atoms with Crippen LogP contribution in [0.15, 0.2) is 60.3 Å². The van der Waals surface area contributed by atoms with Crippen LogP contribution in [0.3, 0.4) is 0 Å². The molecule has 2 aromatic carbocycles. The van der Waals surface area contributed by atoms with Gasteiger partial charge in [0.1, 0.15) is 11.5 Å². The van der Waals surface area contributed by atoms with E-state index in [1.54, 1.807) is 12.1 Å². The molecule has 0 unspecified atom stereocenters. The average molecular weight is 394 g/mol. The maximum atomic E-state index is 13.5. The summed E-state index contributed by atoms with van der Waals surface area (Å²) < 4.78 is 13.5. The van der Waals surface area contributed by atoms with Crippen molar-refractivity contribution in [3.05, 3.63) is 77.2 Å². The van der Waals surface area contributed by atoms with Gasteiger partial charge >= 0.3 is 0 Å². The molecule has 0 N–H and O–H groups in total. The topological polar surface area (TPSA) is 40.6 Å². The Hall–Kier alpha value is -2.95. The number of benzene rings is 2. The Labute approximate surface area is 171 Å². The maximum Gasteiger partial charge on any atom is 0.277 e. The number of halogens is 1. The molecule has 0 aliphatic carbocycles. The molecule has 0 aromatic heterocycles. The molecule has 1 heterocycles. The van der Waals surface area contributed by atoms with Crippen LogP contribution in [-0.2, 0) is 16.1 Å². The fourth-order valence-electron chi connectivity index (χ4n) is 3.61. The summed E-state index contributed by atoms with van der Waals surface area (Å²) in [7, 11) is 0. The van der Waals surface area contributed by atoms with E-state index in [0.717, 1.165) is 24.8 Å². The number of carbonyl (C=O) groups is 2. The number of unbranched alkanes of at least 4 members (excludes halogenated alkanes) is 2. The maximum absolute atomic E-state index is 13.5. The van der Waals surface area contributed by atoms with Gasteiger partial charge in [-0.2, -0.15) is 0 Å². The van der Waals surface area contributed by atoms with Crippen LogP contribution in [0.25, 0.3) is 5.57 Å². The summed E-state index contributed by atoms with van der Waals surface area (Å²) in [4.78, 5) is 29.8. The lowest BCUT2D eigenvalue weighted by molar-refractivity contribution is -0.137. The molecule has 2 aromatic rings. The number of imide groups is 1. The van der Waals surface area contributed by atoms with Gasteiger partial charge in [-0.3, -0.25) is 14.5 Å². The van der Waals surface area contributed by atoms with Crippen LogP contribution in [0.1, 0.15) is 44.2 Å². The van der Waals surface area contributed by atoms with Crippen LogP contribution >= 0.6 is 0 Å². The second-order valence-corrected chi connectivity index (χ2v) is 7.20. The quantitative estimate of drug-likeness (QED) is 0.460. The van der Waals surface area contributed by atoms with Crippen molar-refractivity contribution >= 4 is 17.4 Å². The van der Waals surface area contributed by atoms with E-state index in [0.29, 0.717) is 36.5 Å². The van der Waals surface area contributed by atoms with Crippen LogP contribution in [0.2, 0.25) is 0 Å². The van der Waals surface area contributed by atoms with E-state index < -0.39 is 0 Å². The highest BCUT2D eigenvalue weighted by atomic mass is 19.1.